The molecular formula is C18H24N6O. The van der Waals surface area contributed by atoms with Gasteiger partial charge in [-0.05, 0) is 37.8 Å². The molecule has 1 N–H and O–H groups in total. The summed E-state index contributed by atoms with van der Waals surface area (Å²) in [5.41, 5.74) is 2.19. The average molecular weight is 340 g/mol. The lowest BCUT2D eigenvalue weighted by Crippen LogP contribution is -2.63. The first kappa shape index (κ1) is 15.2. The van der Waals surface area contributed by atoms with E-state index in [1.54, 1.807) is 7.11 Å². The topological polar surface area (TPSA) is 57.9 Å². The van der Waals surface area contributed by atoms with Gasteiger partial charge in [-0.15, -0.1) is 0 Å². The van der Waals surface area contributed by atoms with E-state index in [1.165, 1.54) is 18.4 Å². The summed E-state index contributed by atoms with van der Waals surface area (Å²) in [6.45, 7) is 3.08. The lowest BCUT2D eigenvalue weighted by molar-refractivity contribution is 0.145. The standard InChI is InChI=1S/C18H24N6O/c1-25-11-10-22-12-19-16-21-18(8-4-5-9-18)24-15-7-3-2-6-14(15)20-17(24)23(16)13-22/h2-3,6-7H,4-5,8-13H2,1H3,(H,19,21). The highest BCUT2D eigenvalue weighted by Gasteiger charge is 2.46. The van der Waals surface area contributed by atoms with Gasteiger partial charge in [-0.25, -0.2) is 9.98 Å². The molecule has 1 spiro atoms. The molecule has 0 radical (unpaired) electrons. The first-order valence-corrected chi connectivity index (χ1v) is 9.10. The van der Waals surface area contributed by atoms with Crippen molar-refractivity contribution in [2.75, 3.05) is 38.5 Å². The van der Waals surface area contributed by atoms with E-state index in [2.05, 4.69) is 43.9 Å². The van der Waals surface area contributed by atoms with Gasteiger partial charge in [-0.3, -0.25) is 14.4 Å². The number of fused-ring (bicyclic) bond motifs is 6. The van der Waals surface area contributed by atoms with E-state index in [0.29, 0.717) is 13.3 Å². The molecule has 2 aliphatic heterocycles. The van der Waals surface area contributed by atoms with Crippen molar-refractivity contribution >= 4 is 22.9 Å². The first-order chi connectivity index (χ1) is 12.3. The Morgan fingerprint density at radius 1 is 1.24 bits per heavy atom. The predicted octanol–water partition coefficient (Wildman–Crippen LogP) is 1.91. The number of aromatic nitrogens is 2. The van der Waals surface area contributed by atoms with Crippen LogP contribution < -0.4 is 10.2 Å². The van der Waals surface area contributed by atoms with Gasteiger partial charge < -0.3 is 10.1 Å². The minimum absolute atomic E-state index is 0.0739. The molecule has 0 atom stereocenters. The summed E-state index contributed by atoms with van der Waals surface area (Å²) in [5.74, 6) is 1.99. The number of anilines is 1. The van der Waals surface area contributed by atoms with E-state index in [9.17, 15) is 0 Å². The summed E-state index contributed by atoms with van der Waals surface area (Å²) >= 11 is 0. The Bertz CT molecular complexity index is 822. The lowest BCUT2D eigenvalue weighted by Gasteiger charge is -2.46. The molecule has 25 heavy (non-hydrogen) atoms. The fourth-order valence-electron chi connectivity index (χ4n) is 4.38. The van der Waals surface area contributed by atoms with E-state index in [1.807, 2.05) is 0 Å². The van der Waals surface area contributed by atoms with Crippen molar-refractivity contribution in [1.82, 2.24) is 19.8 Å². The van der Waals surface area contributed by atoms with Gasteiger partial charge in [0.2, 0.25) is 11.9 Å². The van der Waals surface area contributed by atoms with Crippen LogP contribution in [0.3, 0.4) is 0 Å². The van der Waals surface area contributed by atoms with Crippen LogP contribution in [-0.4, -0.2) is 54.0 Å². The van der Waals surface area contributed by atoms with Crippen molar-refractivity contribution in [1.29, 1.82) is 0 Å². The molecule has 0 saturated heterocycles. The Kier molecular flexibility index (Phi) is 3.46. The maximum atomic E-state index is 5.23. The largest absolute Gasteiger partial charge is 0.383 e. The van der Waals surface area contributed by atoms with Gasteiger partial charge in [0.15, 0.2) is 0 Å². The van der Waals surface area contributed by atoms with E-state index in [4.69, 9.17) is 14.7 Å². The highest BCUT2D eigenvalue weighted by molar-refractivity contribution is 5.99. The maximum absolute atomic E-state index is 5.23. The second kappa shape index (κ2) is 5.71. The van der Waals surface area contributed by atoms with E-state index in [0.717, 1.165) is 43.5 Å². The molecule has 7 heteroatoms. The van der Waals surface area contributed by atoms with Crippen LogP contribution in [0.2, 0.25) is 0 Å². The van der Waals surface area contributed by atoms with Crippen LogP contribution in [0.4, 0.5) is 5.95 Å². The summed E-state index contributed by atoms with van der Waals surface area (Å²) in [7, 11) is 1.74. The number of hydrogen-bond acceptors (Lipinski definition) is 6. The van der Waals surface area contributed by atoms with Crippen LogP contribution in [0.5, 0.6) is 0 Å². The number of benzene rings is 1. The third-order valence-corrected chi connectivity index (χ3v) is 5.62. The molecule has 2 aromatic rings. The summed E-state index contributed by atoms with van der Waals surface area (Å²) in [5, 5.41) is 3.78. The van der Waals surface area contributed by atoms with Gasteiger partial charge in [0, 0.05) is 13.7 Å². The molecular weight excluding hydrogens is 316 g/mol. The van der Waals surface area contributed by atoms with Gasteiger partial charge >= 0.3 is 0 Å². The molecule has 0 amide bonds. The van der Waals surface area contributed by atoms with Crippen LogP contribution >= 0.6 is 0 Å². The number of methoxy groups -OCH3 is 1. The molecule has 1 aliphatic carbocycles. The molecule has 132 valence electrons. The lowest BCUT2D eigenvalue weighted by atomic mass is 10.1. The van der Waals surface area contributed by atoms with E-state index < -0.39 is 0 Å². The van der Waals surface area contributed by atoms with Crippen molar-refractivity contribution in [2.45, 2.75) is 31.3 Å². The van der Waals surface area contributed by atoms with Crippen LogP contribution in [-0.2, 0) is 10.4 Å². The second-order valence-electron chi connectivity index (χ2n) is 7.18. The Balaban J connectivity index is 1.62. The predicted molar refractivity (Wildman–Crippen MR) is 97.5 cm³/mol. The van der Waals surface area contributed by atoms with Crippen molar-refractivity contribution in [3.05, 3.63) is 24.3 Å². The van der Waals surface area contributed by atoms with Crippen LogP contribution in [0, 0.1) is 0 Å². The number of ether oxygens (including phenoxy) is 1. The van der Waals surface area contributed by atoms with Gasteiger partial charge in [0.25, 0.3) is 0 Å². The average Bonchev–Trinajstić information content (AvgIpc) is 3.25. The zero-order chi connectivity index (χ0) is 16.9. The van der Waals surface area contributed by atoms with Gasteiger partial charge in [-0.1, -0.05) is 12.1 Å². The molecule has 3 heterocycles. The van der Waals surface area contributed by atoms with Crippen LogP contribution in [0.1, 0.15) is 25.7 Å². The molecule has 3 aliphatic rings. The Morgan fingerprint density at radius 2 is 2.08 bits per heavy atom. The van der Waals surface area contributed by atoms with Crippen molar-refractivity contribution in [3.63, 3.8) is 0 Å². The number of nitrogens with one attached hydrogen (secondary N) is 1. The highest BCUT2D eigenvalue weighted by Crippen LogP contribution is 2.42. The molecule has 5 rings (SSSR count). The third kappa shape index (κ3) is 2.26. The molecule has 1 aromatic carbocycles. The zero-order valence-electron chi connectivity index (χ0n) is 14.6. The summed E-state index contributed by atoms with van der Waals surface area (Å²) < 4.78 is 7.65. The monoisotopic (exact) mass is 340 g/mol. The van der Waals surface area contributed by atoms with Gasteiger partial charge in [-0.2, -0.15) is 0 Å². The minimum atomic E-state index is -0.0739. The highest BCUT2D eigenvalue weighted by atomic mass is 16.5. The quantitative estimate of drug-likeness (QED) is 0.925. The molecule has 1 fully saturated rings. The fourth-order valence-corrected chi connectivity index (χ4v) is 4.38. The number of imidazole rings is 1. The smallest absolute Gasteiger partial charge is 0.216 e. The normalized spacial score (nSPS) is 22.0. The van der Waals surface area contributed by atoms with E-state index in [-0.39, 0.29) is 5.66 Å². The minimum Gasteiger partial charge on any atom is -0.383 e. The number of rotatable bonds is 3. The molecule has 1 aromatic heterocycles. The SMILES string of the molecule is COCCN1CN=C2NC3(CCCC3)n3c(nc4ccccc43)N2C1. The second-order valence-corrected chi connectivity index (χ2v) is 7.18. The van der Waals surface area contributed by atoms with Crippen LogP contribution in [0.25, 0.3) is 11.0 Å². The Labute approximate surface area is 147 Å². The van der Waals surface area contributed by atoms with E-state index >= 15 is 0 Å². The van der Waals surface area contributed by atoms with Gasteiger partial charge in [0.05, 0.1) is 31.0 Å². The molecule has 0 unspecified atom stereocenters. The first-order valence-electron chi connectivity index (χ1n) is 9.10. The number of nitrogens with zero attached hydrogens (tertiary/aromatic N) is 5. The summed E-state index contributed by atoms with van der Waals surface area (Å²) in [6, 6.07) is 8.45. The summed E-state index contributed by atoms with van der Waals surface area (Å²) in [6.07, 6.45) is 4.74. The van der Waals surface area contributed by atoms with Crippen LogP contribution in [0.15, 0.2) is 29.3 Å². The van der Waals surface area contributed by atoms with Gasteiger partial charge in [0.1, 0.15) is 5.66 Å². The number of hydrogen-bond donors (Lipinski definition) is 1. The van der Waals surface area contributed by atoms with Crippen molar-refractivity contribution in [2.24, 2.45) is 4.99 Å². The maximum Gasteiger partial charge on any atom is 0.216 e. The molecule has 7 nitrogen and oxygen atoms in total. The van der Waals surface area contributed by atoms with Crippen molar-refractivity contribution < 1.29 is 4.74 Å². The Morgan fingerprint density at radius 3 is 2.92 bits per heavy atom. The number of guanidine groups is 1. The zero-order valence-corrected chi connectivity index (χ0v) is 14.6. The number of aliphatic imine (C=N–C) groups is 1. The van der Waals surface area contributed by atoms with Crippen molar-refractivity contribution in [3.8, 4) is 0 Å². The number of para-hydroxylation sites is 2. The molecule has 1 saturated carbocycles. The Hall–Kier alpha value is -2.12. The summed E-state index contributed by atoms with van der Waals surface area (Å²) in [4.78, 5) is 14.3. The fraction of sp³-hybridized carbons (Fsp3) is 0.556. The molecule has 0 bridgehead atoms. The third-order valence-electron chi connectivity index (χ3n) is 5.62.